The van der Waals surface area contributed by atoms with Crippen molar-refractivity contribution in [2.45, 2.75) is 58.6 Å². The Balaban J connectivity index is 1.66. The molecular weight excluding hydrogens is 336 g/mol. The van der Waals surface area contributed by atoms with Gasteiger partial charge in [-0.15, -0.1) is 0 Å². The molecule has 2 aromatic carbocycles. The number of fused-ring (bicyclic) bond motifs is 1. The van der Waals surface area contributed by atoms with Crippen molar-refractivity contribution in [3.63, 3.8) is 0 Å². The number of aryl methyl sites for hydroxylation is 1. The van der Waals surface area contributed by atoms with Crippen molar-refractivity contribution in [2.75, 3.05) is 6.61 Å². The molecule has 0 aliphatic rings. The summed E-state index contributed by atoms with van der Waals surface area (Å²) in [6.07, 6.45) is 0.838. The largest absolute Gasteiger partial charge is 0.494 e. The molecule has 0 saturated carbocycles. The third kappa shape index (κ3) is 4.51. The maximum Gasteiger partial charge on any atom is 0.141 e. The van der Waals surface area contributed by atoms with Gasteiger partial charge in [0.15, 0.2) is 0 Å². The fourth-order valence-corrected chi connectivity index (χ4v) is 3.23. The van der Waals surface area contributed by atoms with Crippen molar-refractivity contribution < 1.29 is 9.84 Å². The van der Waals surface area contributed by atoms with Crippen LogP contribution in [0.5, 0.6) is 5.75 Å². The van der Waals surface area contributed by atoms with Crippen molar-refractivity contribution in [1.82, 2.24) is 9.55 Å². The Kier molecular flexibility index (Phi) is 5.29. The first-order valence-electron chi connectivity index (χ1n) is 9.58. The summed E-state index contributed by atoms with van der Waals surface area (Å²) in [4.78, 5) is 4.63. The van der Waals surface area contributed by atoms with Crippen LogP contribution in [0.15, 0.2) is 48.5 Å². The quantitative estimate of drug-likeness (QED) is 0.622. The van der Waals surface area contributed by atoms with Crippen LogP contribution in [0.4, 0.5) is 0 Å². The minimum Gasteiger partial charge on any atom is -0.494 e. The number of ether oxygens (including phenoxy) is 1. The number of rotatable bonds is 6. The van der Waals surface area contributed by atoms with Crippen LogP contribution in [0.25, 0.3) is 11.0 Å². The van der Waals surface area contributed by atoms with Crippen LogP contribution in [0.3, 0.4) is 0 Å². The summed E-state index contributed by atoms with van der Waals surface area (Å²) in [5.74, 6) is 1.58. The number of hydrogen-bond donors (Lipinski definition) is 1. The molecule has 0 aliphatic carbocycles. The number of aromatic nitrogens is 2. The summed E-state index contributed by atoms with van der Waals surface area (Å²) in [6.45, 7) is 11.5. The molecule has 4 heteroatoms. The third-order valence-electron chi connectivity index (χ3n) is 4.72. The van der Waals surface area contributed by atoms with Crippen LogP contribution < -0.4 is 4.74 Å². The average molecular weight is 367 g/mol. The zero-order valence-electron chi connectivity index (χ0n) is 17.0. The summed E-state index contributed by atoms with van der Waals surface area (Å²) in [6, 6.07) is 16.3. The fourth-order valence-electron chi connectivity index (χ4n) is 3.23. The summed E-state index contributed by atoms with van der Waals surface area (Å²) in [7, 11) is 0. The minimum absolute atomic E-state index is 0.147. The molecule has 0 amide bonds. The molecule has 0 radical (unpaired) electrons. The van der Waals surface area contributed by atoms with Crippen molar-refractivity contribution in [2.24, 2.45) is 0 Å². The number of nitrogens with zero attached hydrogens (tertiary/aromatic N) is 2. The molecule has 0 spiro atoms. The van der Waals surface area contributed by atoms with E-state index in [9.17, 15) is 5.11 Å². The first-order valence-corrected chi connectivity index (χ1v) is 9.58. The van der Waals surface area contributed by atoms with Crippen LogP contribution in [-0.4, -0.2) is 21.3 Å². The van der Waals surface area contributed by atoms with Gasteiger partial charge in [0.2, 0.25) is 0 Å². The zero-order chi connectivity index (χ0) is 19.7. The molecule has 3 rings (SSSR count). The van der Waals surface area contributed by atoms with Crippen LogP contribution in [0, 0.1) is 0 Å². The van der Waals surface area contributed by atoms with Gasteiger partial charge in [0.05, 0.1) is 17.6 Å². The highest BCUT2D eigenvalue weighted by Crippen LogP contribution is 2.26. The maximum atomic E-state index is 10.5. The molecule has 1 N–H and O–H groups in total. The summed E-state index contributed by atoms with van der Waals surface area (Å²) in [5.41, 5.74) is 2.42. The fraction of sp³-hybridized carbons (Fsp3) is 0.435. The van der Waals surface area contributed by atoms with Crippen molar-refractivity contribution in [1.29, 1.82) is 0 Å². The second-order valence-electron chi connectivity index (χ2n) is 8.61. The first-order chi connectivity index (χ1) is 12.7. The van der Waals surface area contributed by atoms with Crippen LogP contribution in [-0.2, 0) is 17.6 Å². The first kappa shape index (κ1) is 19.4. The zero-order valence-corrected chi connectivity index (χ0v) is 17.0. The van der Waals surface area contributed by atoms with E-state index < -0.39 is 5.60 Å². The smallest absolute Gasteiger partial charge is 0.141 e. The lowest BCUT2D eigenvalue weighted by Gasteiger charge is -2.20. The van der Waals surface area contributed by atoms with Gasteiger partial charge in [0, 0.05) is 6.54 Å². The van der Waals surface area contributed by atoms with E-state index >= 15 is 0 Å². The van der Waals surface area contributed by atoms with Gasteiger partial charge in [-0.1, -0.05) is 45.0 Å². The molecule has 0 fully saturated rings. The topological polar surface area (TPSA) is 47.3 Å². The summed E-state index contributed by atoms with van der Waals surface area (Å²) >= 11 is 0. The highest BCUT2D eigenvalue weighted by molar-refractivity contribution is 5.76. The van der Waals surface area contributed by atoms with Gasteiger partial charge in [0.1, 0.15) is 17.2 Å². The molecule has 0 aliphatic heterocycles. The third-order valence-corrected chi connectivity index (χ3v) is 4.72. The van der Waals surface area contributed by atoms with E-state index in [4.69, 9.17) is 4.74 Å². The predicted octanol–water partition coefficient (Wildman–Crippen LogP) is 5.03. The Labute approximate surface area is 161 Å². The lowest BCUT2D eigenvalue weighted by molar-refractivity contribution is 0.0649. The van der Waals surface area contributed by atoms with Gasteiger partial charge in [-0.25, -0.2) is 4.98 Å². The number of imidazole rings is 1. The molecule has 1 heterocycles. The predicted molar refractivity (Wildman–Crippen MR) is 110 cm³/mol. The Morgan fingerprint density at radius 2 is 1.63 bits per heavy atom. The Bertz CT molecular complexity index is 897. The average Bonchev–Trinajstić information content (AvgIpc) is 2.97. The number of para-hydroxylation sites is 2. The molecule has 144 valence electrons. The minimum atomic E-state index is -0.983. The molecule has 4 nitrogen and oxygen atoms in total. The number of benzene rings is 2. The van der Waals surface area contributed by atoms with Gasteiger partial charge < -0.3 is 14.4 Å². The van der Waals surface area contributed by atoms with Gasteiger partial charge in [-0.05, 0) is 55.5 Å². The highest BCUT2D eigenvalue weighted by Gasteiger charge is 2.24. The van der Waals surface area contributed by atoms with E-state index in [1.165, 1.54) is 5.56 Å². The SMILES string of the molecule is CC(C)(C)c1ccc(OCCCn2c(C(C)(C)O)nc3ccccc32)cc1. The molecule has 3 aromatic rings. The Hall–Kier alpha value is -2.33. The number of hydrogen-bond acceptors (Lipinski definition) is 3. The van der Waals surface area contributed by atoms with E-state index in [-0.39, 0.29) is 5.41 Å². The van der Waals surface area contributed by atoms with E-state index in [1.54, 1.807) is 13.8 Å². The van der Waals surface area contributed by atoms with Gasteiger partial charge in [-0.2, -0.15) is 0 Å². The van der Waals surface area contributed by atoms with E-state index in [0.717, 1.165) is 29.7 Å². The second kappa shape index (κ2) is 7.35. The van der Waals surface area contributed by atoms with E-state index in [1.807, 2.05) is 36.4 Å². The lowest BCUT2D eigenvalue weighted by Crippen LogP contribution is -2.22. The van der Waals surface area contributed by atoms with Crippen LogP contribution in [0.1, 0.15) is 52.4 Å². The van der Waals surface area contributed by atoms with Crippen LogP contribution >= 0.6 is 0 Å². The molecule has 0 unspecified atom stereocenters. The summed E-state index contributed by atoms with van der Waals surface area (Å²) in [5, 5.41) is 10.5. The summed E-state index contributed by atoms with van der Waals surface area (Å²) < 4.78 is 8.01. The van der Waals surface area contributed by atoms with Crippen molar-refractivity contribution >= 4 is 11.0 Å². The molecule has 0 atom stereocenters. The molecule has 1 aromatic heterocycles. The molecule has 0 bridgehead atoms. The highest BCUT2D eigenvalue weighted by atomic mass is 16.5. The number of aliphatic hydroxyl groups is 1. The molecule has 0 saturated heterocycles. The van der Waals surface area contributed by atoms with Crippen molar-refractivity contribution in [3.8, 4) is 5.75 Å². The standard InChI is InChI=1S/C23H30N2O2/c1-22(2,3)17-11-13-18(14-12-17)27-16-8-15-25-20-10-7-6-9-19(20)24-21(25)23(4,5)26/h6-7,9-14,26H,8,15-16H2,1-5H3. The normalized spacial score (nSPS) is 12.5. The van der Waals surface area contributed by atoms with E-state index in [0.29, 0.717) is 12.4 Å². The Morgan fingerprint density at radius 3 is 2.26 bits per heavy atom. The Morgan fingerprint density at radius 1 is 0.963 bits per heavy atom. The van der Waals surface area contributed by atoms with Gasteiger partial charge in [-0.3, -0.25) is 0 Å². The molecule has 27 heavy (non-hydrogen) atoms. The molecular formula is C23H30N2O2. The maximum absolute atomic E-state index is 10.5. The van der Waals surface area contributed by atoms with Gasteiger partial charge >= 0.3 is 0 Å². The van der Waals surface area contributed by atoms with E-state index in [2.05, 4.69) is 42.5 Å². The second-order valence-corrected chi connectivity index (χ2v) is 8.61. The van der Waals surface area contributed by atoms with Gasteiger partial charge in [0.25, 0.3) is 0 Å². The monoisotopic (exact) mass is 366 g/mol. The lowest BCUT2D eigenvalue weighted by atomic mass is 9.87. The van der Waals surface area contributed by atoms with Crippen molar-refractivity contribution in [3.05, 3.63) is 59.9 Å². The van der Waals surface area contributed by atoms with Crippen LogP contribution in [0.2, 0.25) is 0 Å².